The van der Waals surface area contributed by atoms with Crippen molar-refractivity contribution >= 4 is 22.5 Å². The van der Waals surface area contributed by atoms with Gasteiger partial charge in [0.2, 0.25) is 5.13 Å². The molecule has 23 heavy (non-hydrogen) atoms. The summed E-state index contributed by atoms with van der Waals surface area (Å²) in [6.45, 7) is 0.503. The first-order valence-electron chi connectivity index (χ1n) is 7.37. The highest BCUT2D eigenvalue weighted by Gasteiger charge is 2.20. The number of aryl methyl sites for hydroxylation is 1. The number of carbonyl (C=O) groups is 1. The van der Waals surface area contributed by atoms with Crippen molar-refractivity contribution in [3.05, 3.63) is 40.4 Å². The minimum Gasteiger partial charge on any atom is -0.337 e. The summed E-state index contributed by atoms with van der Waals surface area (Å²) in [7, 11) is 0. The maximum atomic E-state index is 12.4. The molecule has 0 aliphatic heterocycles. The van der Waals surface area contributed by atoms with Gasteiger partial charge in [-0.1, -0.05) is 35.6 Å². The summed E-state index contributed by atoms with van der Waals surface area (Å²) in [6.07, 6.45) is 0.509. The van der Waals surface area contributed by atoms with Crippen molar-refractivity contribution in [3.8, 4) is 0 Å². The normalized spacial score (nSPS) is 16.9. The minimum absolute atomic E-state index is 0.0712. The molecular formula is C15H16F2N4OS. The monoisotopic (exact) mass is 338 g/mol. The number of rotatable bonds is 4. The van der Waals surface area contributed by atoms with Gasteiger partial charge in [0.25, 0.3) is 6.43 Å². The zero-order chi connectivity index (χ0) is 16.2. The second kappa shape index (κ2) is 6.99. The van der Waals surface area contributed by atoms with E-state index in [1.807, 2.05) is 12.1 Å². The van der Waals surface area contributed by atoms with E-state index in [9.17, 15) is 13.6 Å². The molecule has 1 unspecified atom stereocenters. The minimum atomic E-state index is -2.68. The van der Waals surface area contributed by atoms with Crippen LogP contribution in [-0.4, -0.2) is 22.8 Å². The van der Waals surface area contributed by atoms with Crippen LogP contribution in [0.25, 0.3) is 0 Å². The van der Waals surface area contributed by atoms with Gasteiger partial charge in [0.05, 0.1) is 0 Å². The van der Waals surface area contributed by atoms with E-state index in [0.717, 1.165) is 19.3 Å². The number of alkyl halides is 2. The number of hydrogen-bond acceptors (Lipinski definition) is 4. The SMILES string of the molecule is O=C(NCC1CCCc2ccccc21)Nc1nnc(C(F)F)s1. The first kappa shape index (κ1) is 15.8. The van der Waals surface area contributed by atoms with Gasteiger partial charge in [-0.05, 0) is 30.4 Å². The molecule has 0 spiro atoms. The maximum absolute atomic E-state index is 12.4. The topological polar surface area (TPSA) is 66.9 Å². The zero-order valence-corrected chi connectivity index (χ0v) is 13.1. The van der Waals surface area contributed by atoms with Crippen LogP contribution in [0, 0.1) is 0 Å². The molecule has 8 heteroatoms. The molecule has 122 valence electrons. The lowest BCUT2D eigenvalue weighted by Crippen LogP contribution is -2.33. The average molecular weight is 338 g/mol. The number of amides is 2. The van der Waals surface area contributed by atoms with Crippen molar-refractivity contribution in [2.75, 3.05) is 11.9 Å². The van der Waals surface area contributed by atoms with Crippen LogP contribution >= 0.6 is 11.3 Å². The lowest BCUT2D eigenvalue weighted by molar-refractivity contribution is 0.150. The molecule has 0 radical (unpaired) electrons. The fourth-order valence-corrected chi connectivity index (χ4v) is 3.39. The zero-order valence-electron chi connectivity index (χ0n) is 12.3. The number of fused-ring (bicyclic) bond motifs is 1. The van der Waals surface area contributed by atoms with Crippen molar-refractivity contribution in [3.63, 3.8) is 0 Å². The van der Waals surface area contributed by atoms with E-state index in [1.165, 1.54) is 11.1 Å². The standard InChI is InChI=1S/C15H16F2N4OS/c16-12(17)13-20-21-15(23-13)19-14(22)18-8-10-6-3-5-9-4-1-2-7-11(9)10/h1-2,4,7,10,12H,3,5-6,8H2,(H2,18,19,21,22). The molecule has 3 rings (SSSR count). The molecule has 2 amide bonds. The van der Waals surface area contributed by atoms with E-state index in [-0.39, 0.29) is 11.0 Å². The Morgan fingerprint density at radius 2 is 2.17 bits per heavy atom. The predicted octanol–water partition coefficient (Wildman–Crippen LogP) is 3.72. The van der Waals surface area contributed by atoms with Crippen LogP contribution in [0.2, 0.25) is 0 Å². The van der Waals surface area contributed by atoms with Crippen molar-refractivity contribution in [2.45, 2.75) is 31.6 Å². The third-order valence-corrected chi connectivity index (χ3v) is 4.70. The summed E-state index contributed by atoms with van der Waals surface area (Å²) >= 11 is 0.675. The molecular weight excluding hydrogens is 322 g/mol. The van der Waals surface area contributed by atoms with Gasteiger partial charge in [-0.15, -0.1) is 10.2 Å². The molecule has 2 aromatic rings. The van der Waals surface area contributed by atoms with Crippen LogP contribution in [0.15, 0.2) is 24.3 Å². The molecule has 1 aliphatic carbocycles. The van der Waals surface area contributed by atoms with Crippen molar-refractivity contribution in [1.82, 2.24) is 15.5 Å². The first-order valence-corrected chi connectivity index (χ1v) is 8.19. The summed E-state index contributed by atoms with van der Waals surface area (Å²) in [4.78, 5) is 11.9. The molecule has 1 aromatic carbocycles. The Hall–Kier alpha value is -2.09. The van der Waals surface area contributed by atoms with E-state index in [4.69, 9.17) is 0 Å². The maximum Gasteiger partial charge on any atom is 0.321 e. The summed E-state index contributed by atoms with van der Waals surface area (Å²) in [6, 6.07) is 7.79. The average Bonchev–Trinajstić information content (AvgIpc) is 3.01. The third kappa shape index (κ3) is 3.82. The number of nitrogens with zero attached hydrogens (tertiary/aromatic N) is 2. The van der Waals surface area contributed by atoms with E-state index in [2.05, 4.69) is 33.0 Å². The Morgan fingerprint density at radius 1 is 1.35 bits per heavy atom. The van der Waals surface area contributed by atoms with E-state index in [1.54, 1.807) is 0 Å². The summed E-state index contributed by atoms with van der Waals surface area (Å²) < 4.78 is 24.9. The second-order valence-electron chi connectivity index (χ2n) is 5.37. The number of carbonyl (C=O) groups excluding carboxylic acids is 1. The summed E-state index contributed by atoms with van der Waals surface area (Å²) in [5.41, 5.74) is 2.60. The Balaban J connectivity index is 1.55. The van der Waals surface area contributed by atoms with E-state index < -0.39 is 17.5 Å². The Bertz CT molecular complexity index is 692. The van der Waals surface area contributed by atoms with Gasteiger partial charge in [-0.25, -0.2) is 13.6 Å². The van der Waals surface area contributed by atoms with Gasteiger partial charge in [0.15, 0.2) is 5.01 Å². The number of urea groups is 1. The Kier molecular flexibility index (Phi) is 4.80. The predicted molar refractivity (Wildman–Crippen MR) is 84.0 cm³/mol. The van der Waals surface area contributed by atoms with Crippen molar-refractivity contribution in [2.24, 2.45) is 0 Å². The number of nitrogens with one attached hydrogen (secondary N) is 2. The smallest absolute Gasteiger partial charge is 0.321 e. The molecule has 1 atom stereocenters. The van der Waals surface area contributed by atoms with Gasteiger partial charge in [0.1, 0.15) is 0 Å². The second-order valence-corrected chi connectivity index (χ2v) is 6.38. The van der Waals surface area contributed by atoms with Crippen molar-refractivity contribution < 1.29 is 13.6 Å². The fourth-order valence-electron chi connectivity index (χ4n) is 2.80. The Morgan fingerprint density at radius 3 is 2.96 bits per heavy atom. The lowest BCUT2D eigenvalue weighted by Gasteiger charge is -2.25. The molecule has 1 aliphatic rings. The van der Waals surface area contributed by atoms with Gasteiger partial charge in [0, 0.05) is 12.5 Å². The molecule has 0 saturated carbocycles. The molecule has 0 saturated heterocycles. The van der Waals surface area contributed by atoms with Gasteiger partial charge >= 0.3 is 6.03 Å². The lowest BCUT2D eigenvalue weighted by atomic mass is 9.83. The Labute approximate surface area is 136 Å². The van der Waals surface area contributed by atoms with E-state index >= 15 is 0 Å². The summed E-state index contributed by atoms with van der Waals surface area (Å²) in [5, 5.41) is 11.7. The van der Waals surface area contributed by atoms with Gasteiger partial charge < -0.3 is 5.32 Å². The van der Waals surface area contributed by atoms with Crippen LogP contribution in [0.5, 0.6) is 0 Å². The van der Waals surface area contributed by atoms with Crippen LogP contribution in [0.1, 0.15) is 41.3 Å². The van der Waals surface area contributed by atoms with Gasteiger partial charge in [-0.3, -0.25) is 5.32 Å². The highest BCUT2D eigenvalue weighted by molar-refractivity contribution is 7.15. The highest BCUT2D eigenvalue weighted by Crippen LogP contribution is 2.31. The molecule has 0 bridgehead atoms. The first-order chi connectivity index (χ1) is 11.1. The number of aromatic nitrogens is 2. The van der Waals surface area contributed by atoms with Crippen LogP contribution in [-0.2, 0) is 6.42 Å². The third-order valence-electron chi connectivity index (χ3n) is 3.85. The van der Waals surface area contributed by atoms with E-state index in [0.29, 0.717) is 17.9 Å². The highest BCUT2D eigenvalue weighted by atomic mass is 32.1. The van der Waals surface area contributed by atoms with Crippen LogP contribution in [0.3, 0.4) is 0 Å². The molecule has 2 N–H and O–H groups in total. The van der Waals surface area contributed by atoms with Crippen molar-refractivity contribution in [1.29, 1.82) is 0 Å². The van der Waals surface area contributed by atoms with Gasteiger partial charge in [-0.2, -0.15) is 0 Å². The molecule has 5 nitrogen and oxygen atoms in total. The largest absolute Gasteiger partial charge is 0.337 e. The molecule has 1 aromatic heterocycles. The summed E-state index contributed by atoms with van der Waals surface area (Å²) in [5.74, 6) is 0.275. The number of benzene rings is 1. The molecule has 0 fully saturated rings. The number of anilines is 1. The fraction of sp³-hybridized carbons (Fsp3) is 0.400. The number of halogens is 2. The quantitative estimate of drug-likeness (QED) is 0.893. The molecule has 1 heterocycles. The van der Waals surface area contributed by atoms with Crippen LogP contribution < -0.4 is 10.6 Å². The van der Waals surface area contributed by atoms with Crippen LogP contribution in [0.4, 0.5) is 18.7 Å². The number of hydrogen-bond donors (Lipinski definition) is 2.